The number of nitrogens with zero attached hydrogens (tertiary/aromatic N) is 2. The van der Waals surface area contributed by atoms with E-state index in [0.717, 1.165) is 10.9 Å². The molecule has 21 heavy (non-hydrogen) atoms. The molecule has 1 fully saturated rings. The van der Waals surface area contributed by atoms with Gasteiger partial charge in [0.1, 0.15) is 5.75 Å². The average molecular weight is 414 g/mol. The van der Waals surface area contributed by atoms with Crippen molar-refractivity contribution in [1.82, 2.24) is 9.78 Å². The van der Waals surface area contributed by atoms with Gasteiger partial charge in [-0.3, -0.25) is 4.68 Å². The van der Waals surface area contributed by atoms with Gasteiger partial charge in [0.25, 0.3) is 0 Å². The first-order chi connectivity index (χ1) is 9.19. The van der Waals surface area contributed by atoms with E-state index in [-0.39, 0.29) is 47.5 Å². The van der Waals surface area contributed by atoms with Gasteiger partial charge in [0.15, 0.2) is 0 Å². The van der Waals surface area contributed by atoms with Crippen molar-refractivity contribution in [2.45, 2.75) is 38.9 Å². The normalized spacial score (nSPS) is 19.8. The monoisotopic (exact) mass is 414 g/mol. The molecule has 0 amide bonds. The zero-order valence-corrected chi connectivity index (χ0v) is 16.1. The molecule has 1 N–H and O–H groups in total. The third kappa shape index (κ3) is 2.88. The summed E-state index contributed by atoms with van der Waals surface area (Å²) in [6, 6.07) is 3.52. The maximum absolute atomic E-state index is 10.2. The summed E-state index contributed by atoms with van der Waals surface area (Å²) in [5.74, 6) is 0.170. The Hall–Kier alpha value is -0.148. The molecule has 7 heteroatoms. The van der Waals surface area contributed by atoms with Crippen molar-refractivity contribution in [1.29, 1.82) is 0 Å². The van der Waals surface area contributed by atoms with E-state index in [1.54, 1.807) is 10.7 Å². The number of phenolic OH excluding ortho intramolecular Hbond substituents is 1. The molecule has 1 aliphatic heterocycles. The Morgan fingerprint density at radius 1 is 1.14 bits per heavy atom. The van der Waals surface area contributed by atoms with E-state index in [9.17, 15) is 5.11 Å². The van der Waals surface area contributed by atoms with Crippen molar-refractivity contribution in [3.63, 3.8) is 0 Å². The number of rotatable bonds is 1. The predicted octanol–water partition coefficient (Wildman–Crippen LogP) is 1.58. The van der Waals surface area contributed by atoms with Crippen LogP contribution in [0.5, 0.6) is 5.75 Å². The number of aryl methyl sites for hydroxylation is 1. The van der Waals surface area contributed by atoms with Crippen LogP contribution in [0.3, 0.4) is 0 Å². The minimum Gasteiger partial charge on any atom is -0.508 e. The van der Waals surface area contributed by atoms with Gasteiger partial charge in [-0.25, -0.2) is 0 Å². The second-order valence-corrected chi connectivity index (χ2v) is 6.36. The first-order valence-electron chi connectivity index (χ1n) is 6.71. The largest absolute Gasteiger partial charge is 0.508 e. The number of phenols is 1. The van der Waals surface area contributed by atoms with E-state index in [4.69, 9.17) is 9.31 Å². The number of benzene rings is 1. The third-order valence-corrected chi connectivity index (χ3v) is 4.27. The summed E-state index contributed by atoms with van der Waals surface area (Å²) in [5.41, 5.74) is 0.580. The van der Waals surface area contributed by atoms with E-state index in [1.165, 1.54) is 0 Å². The van der Waals surface area contributed by atoms with Gasteiger partial charge in [-0.2, -0.15) is 5.10 Å². The number of hydrogen-bond acceptors (Lipinski definition) is 4. The van der Waals surface area contributed by atoms with Crippen molar-refractivity contribution in [2.24, 2.45) is 7.05 Å². The van der Waals surface area contributed by atoms with E-state index in [0.29, 0.717) is 5.46 Å². The smallest absolute Gasteiger partial charge is 0.498 e. The van der Waals surface area contributed by atoms with E-state index >= 15 is 0 Å². The molecule has 1 aromatic heterocycles. The molecule has 0 radical (unpaired) electrons. The number of hydrogen-bond donors (Lipinski definition) is 1. The summed E-state index contributed by atoms with van der Waals surface area (Å²) >= 11 is 0. The van der Waals surface area contributed by atoms with Crippen LogP contribution in [-0.4, -0.2) is 33.2 Å². The molecule has 0 unspecified atom stereocenters. The summed E-state index contributed by atoms with van der Waals surface area (Å²) in [6.45, 7) is 7.96. The van der Waals surface area contributed by atoms with E-state index < -0.39 is 18.3 Å². The van der Waals surface area contributed by atoms with Crippen LogP contribution in [0.15, 0.2) is 18.3 Å². The molecule has 3 rings (SSSR count). The van der Waals surface area contributed by atoms with Gasteiger partial charge in [-0.05, 0) is 39.8 Å². The Kier molecular flexibility index (Phi) is 4.50. The summed E-state index contributed by atoms with van der Waals surface area (Å²) in [5, 5.41) is 15.5. The molecule has 2 heterocycles. The van der Waals surface area contributed by atoms with Crippen LogP contribution in [0.2, 0.25) is 0 Å². The SMILES string of the molecule is Cn1cc2cc(O)c(B3OC(C)(C)C(C)(C)O3)cc2n1.[Ce]. The first kappa shape index (κ1) is 17.2. The van der Waals surface area contributed by atoms with Gasteiger partial charge in [0.05, 0.1) is 16.7 Å². The van der Waals surface area contributed by atoms with Crippen molar-refractivity contribution < 1.29 is 56.2 Å². The fourth-order valence-electron chi connectivity index (χ4n) is 2.36. The second kappa shape index (κ2) is 5.49. The summed E-state index contributed by atoms with van der Waals surface area (Å²) in [6.07, 6.45) is 1.86. The summed E-state index contributed by atoms with van der Waals surface area (Å²) in [4.78, 5) is 0. The molecule has 5 nitrogen and oxygen atoms in total. The molecule has 110 valence electrons. The fraction of sp³-hybridized carbons (Fsp3) is 0.500. The Balaban J connectivity index is 0.00000161. The molecule has 1 aliphatic rings. The predicted molar refractivity (Wildman–Crippen MR) is 78.1 cm³/mol. The molecule has 0 bridgehead atoms. The van der Waals surface area contributed by atoms with Crippen LogP contribution in [0.4, 0.5) is 0 Å². The number of aromatic hydroxyl groups is 1. The Morgan fingerprint density at radius 3 is 2.29 bits per heavy atom. The molecule has 0 saturated carbocycles. The van der Waals surface area contributed by atoms with E-state index in [1.807, 2.05) is 47.0 Å². The number of aromatic nitrogens is 2. The summed E-state index contributed by atoms with van der Waals surface area (Å²) in [7, 11) is 1.28. The maximum atomic E-state index is 10.2. The first-order valence-corrected chi connectivity index (χ1v) is 6.71. The van der Waals surface area contributed by atoms with Crippen LogP contribution in [0, 0.1) is 41.7 Å². The molecule has 2 aromatic rings. The third-order valence-electron chi connectivity index (χ3n) is 4.27. The van der Waals surface area contributed by atoms with Gasteiger partial charge >= 0.3 is 7.12 Å². The van der Waals surface area contributed by atoms with Crippen LogP contribution in [-0.2, 0) is 16.4 Å². The average Bonchev–Trinajstić information content (AvgIpc) is 2.74. The molecular formula is C14H19BCeN2O3. The molecule has 0 spiro atoms. The molecule has 1 saturated heterocycles. The molecule has 0 atom stereocenters. The van der Waals surface area contributed by atoms with Crippen LogP contribution >= 0.6 is 0 Å². The zero-order valence-electron chi connectivity index (χ0n) is 13.0. The van der Waals surface area contributed by atoms with Crippen molar-refractivity contribution in [3.8, 4) is 5.75 Å². The Morgan fingerprint density at radius 2 is 1.71 bits per heavy atom. The fourth-order valence-corrected chi connectivity index (χ4v) is 2.36. The second-order valence-electron chi connectivity index (χ2n) is 6.36. The topological polar surface area (TPSA) is 56.5 Å². The zero-order chi connectivity index (χ0) is 14.7. The van der Waals surface area contributed by atoms with Crippen LogP contribution in [0.25, 0.3) is 10.9 Å². The minimum absolute atomic E-state index is 0. The Bertz CT molecular complexity index is 668. The van der Waals surface area contributed by atoms with Gasteiger partial charge in [0, 0.05) is 65.8 Å². The Labute approximate surface area is 158 Å². The molecule has 1 aromatic carbocycles. The van der Waals surface area contributed by atoms with Crippen molar-refractivity contribution in [2.75, 3.05) is 0 Å². The van der Waals surface area contributed by atoms with Gasteiger partial charge in [-0.1, -0.05) is 0 Å². The summed E-state index contributed by atoms with van der Waals surface area (Å²) < 4.78 is 13.7. The van der Waals surface area contributed by atoms with Crippen molar-refractivity contribution >= 4 is 23.5 Å². The van der Waals surface area contributed by atoms with Gasteiger partial charge < -0.3 is 14.4 Å². The number of fused-ring (bicyclic) bond motifs is 1. The maximum Gasteiger partial charge on any atom is 0.498 e. The molecular weight excluding hydrogens is 395 g/mol. The van der Waals surface area contributed by atoms with Crippen LogP contribution in [0.1, 0.15) is 27.7 Å². The quantitative estimate of drug-likeness (QED) is 0.721. The van der Waals surface area contributed by atoms with Gasteiger partial charge in [-0.15, -0.1) is 0 Å². The van der Waals surface area contributed by atoms with Crippen molar-refractivity contribution in [3.05, 3.63) is 18.3 Å². The standard InChI is InChI=1S/C14H19BN2O3.Ce/c1-13(2)14(3,4)20-15(19-13)10-7-11-9(6-12(10)18)8-17(5)16-11;/h6-8,18H,1-5H3;. The van der Waals surface area contributed by atoms with Crippen LogP contribution < -0.4 is 5.46 Å². The van der Waals surface area contributed by atoms with E-state index in [2.05, 4.69) is 5.10 Å². The molecule has 0 aliphatic carbocycles. The van der Waals surface area contributed by atoms with Gasteiger partial charge in [0.2, 0.25) is 0 Å². The minimum atomic E-state index is -0.577.